The maximum Gasteiger partial charge on any atom is 0.253 e. The second kappa shape index (κ2) is 7.74. The van der Waals surface area contributed by atoms with Gasteiger partial charge in [-0.15, -0.1) is 0 Å². The van der Waals surface area contributed by atoms with Gasteiger partial charge in [0.25, 0.3) is 5.91 Å². The van der Waals surface area contributed by atoms with Crippen molar-refractivity contribution in [3.63, 3.8) is 0 Å². The predicted molar refractivity (Wildman–Crippen MR) is 92.3 cm³/mol. The molecule has 1 fully saturated rings. The number of amides is 2. The Bertz CT molecular complexity index is 734. The lowest BCUT2D eigenvalue weighted by atomic mass is 10.1. The summed E-state index contributed by atoms with van der Waals surface area (Å²) in [7, 11) is 0. The van der Waals surface area contributed by atoms with E-state index in [1.807, 2.05) is 0 Å². The molecule has 2 aromatic rings. The highest BCUT2D eigenvalue weighted by atomic mass is 16.5. The van der Waals surface area contributed by atoms with Crippen LogP contribution in [-0.4, -0.2) is 45.9 Å². The molecule has 1 saturated heterocycles. The smallest absolute Gasteiger partial charge is 0.253 e. The van der Waals surface area contributed by atoms with Gasteiger partial charge in [-0.1, -0.05) is 0 Å². The lowest BCUT2D eigenvalue weighted by molar-refractivity contribution is -0.114. The normalized spacial score (nSPS) is 17.0. The topological polar surface area (TPSA) is 84.4 Å². The van der Waals surface area contributed by atoms with Gasteiger partial charge in [0.1, 0.15) is 6.10 Å². The standard InChI is InChI=1S/C18H20N4O3/c1-13(23)21-15-6-4-14(5-7-15)18(24)22-10-2-3-16(12-22)25-17-11-19-8-9-20-17/h4-9,11,16H,2-3,10,12H2,1H3,(H,21,23). The van der Waals surface area contributed by atoms with Gasteiger partial charge in [-0.25, -0.2) is 4.98 Å². The highest BCUT2D eigenvalue weighted by molar-refractivity contribution is 5.95. The Morgan fingerprint density at radius 1 is 1.24 bits per heavy atom. The van der Waals surface area contributed by atoms with Crippen molar-refractivity contribution in [2.24, 2.45) is 0 Å². The van der Waals surface area contributed by atoms with Gasteiger partial charge in [0, 0.05) is 37.1 Å². The Hall–Kier alpha value is -2.96. The molecule has 0 spiro atoms. The van der Waals surface area contributed by atoms with Crippen molar-refractivity contribution in [2.45, 2.75) is 25.9 Å². The second-order valence-electron chi connectivity index (χ2n) is 5.94. The van der Waals surface area contributed by atoms with E-state index in [0.717, 1.165) is 12.8 Å². The van der Waals surface area contributed by atoms with Crippen molar-refractivity contribution in [3.05, 3.63) is 48.4 Å². The molecule has 0 radical (unpaired) electrons. The van der Waals surface area contributed by atoms with Crippen molar-refractivity contribution < 1.29 is 14.3 Å². The number of nitrogens with one attached hydrogen (secondary N) is 1. The number of nitrogens with zero attached hydrogens (tertiary/aromatic N) is 3. The van der Waals surface area contributed by atoms with E-state index in [4.69, 9.17) is 4.74 Å². The van der Waals surface area contributed by atoms with Gasteiger partial charge in [-0.05, 0) is 37.1 Å². The third-order valence-electron chi connectivity index (χ3n) is 3.94. The van der Waals surface area contributed by atoms with E-state index in [2.05, 4.69) is 15.3 Å². The first-order valence-corrected chi connectivity index (χ1v) is 8.21. The van der Waals surface area contributed by atoms with Crippen LogP contribution in [0.1, 0.15) is 30.1 Å². The fourth-order valence-corrected chi connectivity index (χ4v) is 2.82. The Morgan fingerprint density at radius 2 is 2.04 bits per heavy atom. The van der Waals surface area contributed by atoms with E-state index in [-0.39, 0.29) is 17.9 Å². The lowest BCUT2D eigenvalue weighted by Gasteiger charge is -2.32. The number of benzene rings is 1. The minimum absolute atomic E-state index is 0.0400. The van der Waals surface area contributed by atoms with Crippen LogP contribution in [-0.2, 0) is 4.79 Å². The lowest BCUT2D eigenvalue weighted by Crippen LogP contribution is -2.44. The van der Waals surface area contributed by atoms with Crippen molar-refractivity contribution >= 4 is 17.5 Å². The molecule has 1 aliphatic rings. The first kappa shape index (κ1) is 16.9. The number of hydrogen-bond acceptors (Lipinski definition) is 5. The fraction of sp³-hybridized carbons (Fsp3) is 0.333. The first-order valence-electron chi connectivity index (χ1n) is 8.21. The highest BCUT2D eigenvalue weighted by Crippen LogP contribution is 2.19. The number of anilines is 1. The molecule has 0 saturated carbocycles. The maximum atomic E-state index is 12.7. The van der Waals surface area contributed by atoms with E-state index in [0.29, 0.717) is 30.2 Å². The molecule has 1 atom stereocenters. The largest absolute Gasteiger partial charge is 0.471 e. The van der Waals surface area contributed by atoms with Crippen LogP contribution in [0.4, 0.5) is 5.69 Å². The van der Waals surface area contributed by atoms with Crippen LogP contribution >= 0.6 is 0 Å². The molecular weight excluding hydrogens is 320 g/mol. The SMILES string of the molecule is CC(=O)Nc1ccc(C(=O)N2CCCC(Oc3cnccn3)C2)cc1. The Labute approximate surface area is 146 Å². The summed E-state index contributed by atoms with van der Waals surface area (Å²) in [6, 6.07) is 6.90. The summed E-state index contributed by atoms with van der Waals surface area (Å²) in [4.78, 5) is 33.6. The molecule has 25 heavy (non-hydrogen) atoms. The number of aromatic nitrogens is 2. The van der Waals surface area contributed by atoms with Crippen LogP contribution in [0.15, 0.2) is 42.9 Å². The van der Waals surface area contributed by atoms with Crippen LogP contribution < -0.4 is 10.1 Å². The van der Waals surface area contributed by atoms with E-state index in [1.54, 1.807) is 47.8 Å². The van der Waals surface area contributed by atoms with Gasteiger partial charge in [0.2, 0.25) is 11.8 Å². The molecule has 1 aliphatic heterocycles. The molecular formula is C18H20N4O3. The molecule has 2 heterocycles. The van der Waals surface area contributed by atoms with E-state index in [1.165, 1.54) is 6.92 Å². The quantitative estimate of drug-likeness (QED) is 0.921. The van der Waals surface area contributed by atoms with Crippen LogP contribution in [0.25, 0.3) is 0 Å². The molecule has 3 rings (SSSR count). The summed E-state index contributed by atoms with van der Waals surface area (Å²) >= 11 is 0. The summed E-state index contributed by atoms with van der Waals surface area (Å²) in [6.07, 6.45) is 6.41. The van der Waals surface area contributed by atoms with Gasteiger partial charge < -0.3 is 15.0 Å². The average molecular weight is 340 g/mol. The minimum Gasteiger partial charge on any atom is -0.471 e. The Kier molecular flexibility index (Phi) is 5.23. The Balaban J connectivity index is 1.62. The zero-order valence-corrected chi connectivity index (χ0v) is 14.0. The highest BCUT2D eigenvalue weighted by Gasteiger charge is 2.26. The van der Waals surface area contributed by atoms with Gasteiger partial charge in [-0.2, -0.15) is 0 Å². The molecule has 2 amide bonds. The third-order valence-corrected chi connectivity index (χ3v) is 3.94. The van der Waals surface area contributed by atoms with Crippen molar-refractivity contribution in [2.75, 3.05) is 18.4 Å². The number of carbonyl (C=O) groups excluding carboxylic acids is 2. The zero-order chi connectivity index (χ0) is 17.6. The molecule has 1 aromatic carbocycles. The molecule has 1 aromatic heterocycles. The number of ether oxygens (including phenoxy) is 1. The minimum atomic E-state index is -0.140. The molecule has 1 N–H and O–H groups in total. The summed E-state index contributed by atoms with van der Waals surface area (Å²) in [6.45, 7) is 2.67. The zero-order valence-electron chi connectivity index (χ0n) is 14.0. The number of rotatable bonds is 4. The summed E-state index contributed by atoms with van der Waals surface area (Å²) in [5.74, 6) is 0.294. The summed E-state index contributed by atoms with van der Waals surface area (Å²) in [5.41, 5.74) is 1.26. The second-order valence-corrected chi connectivity index (χ2v) is 5.94. The fourth-order valence-electron chi connectivity index (χ4n) is 2.82. The average Bonchev–Trinajstić information content (AvgIpc) is 2.62. The Morgan fingerprint density at radius 3 is 2.72 bits per heavy atom. The third kappa shape index (κ3) is 4.53. The van der Waals surface area contributed by atoms with Crippen LogP contribution in [0.3, 0.4) is 0 Å². The molecule has 7 nitrogen and oxygen atoms in total. The molecule has 7 heteroatoms. The maximum absolute atomic E-state index is 12.7. The number of hydrogen-bond donors (Lipinski definition) is 1. The van der Waals surface area contributed by atoms with E-state index < -0.39 is 0 Å². The van der Waals surface area contributed by atoms with Crippen molar-refractivity contribution in [3.8, 4) is 5.88 Å². The van der Waals surface area contributed by atoms with Crippen molar-refractivity contribution in [1.82, 2.24) is 14.9 Å². The van der Waals surface area contributed by atoms with Crippen molar-refractivity contribution in [1.29, 1.82) is 0 Å². The number of piperidine rings is 1. The molecule has 1 unspecified atom stereocenters. The van der Waals surface area contributed by atoms with Gasteiger partial charge in [0.15, 0.2) is 0 Å². The predicted octanol–water partition coefficient (Wildman–Crippen LogP) is 2.12. The van der Waals surface area contributed by atoms with Gasteiger partial charge in [0.05, 0.1) is 12.7 Å². The first-order chi connectivity index (χ1) is 12.1. The number of carbonyl (C=O) groups is 2. The van der Waals surface area contributed by atoms with Gasteiger partial charge in [-0.3, -0.25) is 14.6 Å². The molecule has 130 valence electrons. The summed E-state index contributed by atoms with van der Waals surface area (Å²) in [5, 5.41) is 2.69. The molecule has 0 aliphatic carbocycles. The van der Waals surface area contributed by atoms with Crippen LogP contribution in [0.2, 0.25) is 0 Å². The summed E-state index contributed by atoms with van der Waals surface area (Å²) < 4.78 is 5.82. The monoisotopic (exact) mass is 340 g/mol. The van der Waals surface area contributed by atoms with Gasteiger partial charge >= 0.3 is 0 Å². The molecule has 0 bridgehead atoms. The van der Waals surface area contributed by atoms with E-state index >= 15 is 0 Å². The van der Waals surface area contributed by atoms with Crippen LogP contribution in [0, 0.1) is 0 Å². The van der Waals surface area contributed by atoms with Crippen LogP contribution in [0.5, 0.6) is 5.88 Å². The number of likely N-dealkylation sites (tertiary alicyclic amines) is 1. The van der Waals surface area contributed by atoms with E-state index in [9.17, 15) is 9.59 Å².